The van der Waals surface area contributed by atoms with Gasteiger partial charge < -0.3 is 19.9 Å². The van der Waals surface area contributed by atoms with E-state index in [1.54, 1.807) is 0 Å². The number of benzene rings is 1. The zero-order chi connectivity index (χ0) is 14.5. The molecule has 0 aromatic heterocycles. The predicted octanol–water partition coefficient (Wildman–Crippen LogP) is 1.97. The van der Waals surface area contributed by atoms with Crippen molar-refractivity contribution in [3.8, 4) is 11.5 Å². The van der Waals surface area contributed by atoms with Crippen molar-refractivity contribution in [2.45, 2.75) is 39.3 Å². The Balaban J connectivity index is 2.06. The highest BCUT2D eigenvalue weighted by Gasteiger charge is 2.21. The van der Waals surface area contributed by atoms with Gasteiger partial charge in [0.15, 0.2) is 0 Å². The molecule has 1 heterocycles. The largest absolute Gasteiger partial charge is 0.494 e. The Bertz CT molecular complexity index is 487. The van der Waals surface area contributed by atoms with Gasteiger partial charge in [-0.1, -0.05) is 0 Å². The van der Waals surface area contributed by atoms with E-state index in [0.29, 0.717) is 19.7 Å². The van der Waals surface area contributed by atoms with Crippen molar-refractivity contribution in [2.24, 2.45) is 0 Å². The zero-order valence-electron chi connectivity index (χ0n) is 11.9. The number of ether oxygens (including phenoxy) is 2. The normalized spacial score (nSPS) is 16.6. The Morgan fingerprint density at radius 2 is 2.35 bits per heavy atom. The maximum atomic E-state index is 10.5. The van der Waals surface area contributed by atoms with E-state index < -0.39 is 5.97 Å². The number of rotatable bonds is 7. The van der Waals surface area contributed by atoms with Crippen LogP contribution in [0.15, 0.2) is 12.1 Å². The molecule has 110 valence electrons. The summed E-state index contributed by atoms with van der Waals surface area (Å²) >= 11 is 0. The molecule has 1 aliphatic rings. The molecule has 1 unspecified atom stereocenters. The van der Waals surface area contributed by atoms with Crippen LogP contribution in [0, 0.1) is 0 Å². The quantitative estimate of drug-likeness (QED) is 0.747. The average Bonchev–Trinajstić information content (AvgIpc) is 2.74. The summed E-state index contributed by atoms with van der Waals surface area (Å²) in [5.74, 6) is 0.969. The van der Waals surface area contributed by atoms with Crippen molar-refractivity contribution >= 4 is 5.97 Å². The molecule has 0 saturated heterocycles. The number of carboxylic acids is 1. The van der Waals surface area contributed by atoms with E-state index in [1.165, 1.54) is 5.56 Å². The fourth-order valence-corrected chi connectivity index (χ4v) is 2.33. The van der Waals surface area contributed by atoms with Crippen molar-refractivity contribution in [2.75, 3.05) is 13.2 Å². The van der Waals surface area contributed by atoms with Crippen LogP contribution in [0.3, 0.4) is 0 Å². The maximum Gasteiger partial charge on any atom is 0.304 e. The second kappa shape index (κ2) is 6.61. The van der Waals surface area contributed by atoms with Crippen LogP contribution < -0.4 is 14.8 Å². The molecular formula is C15H21NO4. The molecule has 0 radical (unpaired) electrons. The third-order valence-electron chi connectivity index (χ3n) is 3.21. The minimum Gasteiger partial charge on any atom is -0.494 e. The number of hydrogen-bond acceptors (Lipinski definition) is 4. The van der Waals surface area contributed by atoms with Crippen LogP contribution in [0.4, 0.5) is 0 Å². The molecule has 1 aromatic rings. The van der Waals surface area contributed by atoms with E-state index in [9.17, 15) is 4.79 Å². The molecule has 5 heteroatoms. The summed E-state index contributed by atoms with van der Waals surface area (Å²) in [7, 11) is 0. The molecule has 0 bridgehead atoms. The lowest BCUT2D eigenvalue weighted by Crippen LogP contribution is -2.18. The molecular weight excluding hydrogens is 258 g/mol. The first-order valence-corrected chi connectivity index (χ1v) is 6.98. The third kappa shape index (κ3) is 3.63. The number of nitrogens with one attached hydrogen (secondary N) is 1. The van der Waals surface area contributed by atoms with Crippen molar-refractivity contribution in [3.05, 3.63) is 23.3 Å². The average molecular weight is 279 g/mol. The van der Waals surface area contributed by atoms with Gasteiger partial charge in [-0.25, -0.2) is 0 Å². The van der Waals surface area contributed by atoms with Gasteiger partial charge in [0, 0.05) is 30.6 Å². The van der Waals surface area contributed by atoms with E-state index in [1.807, 2.05) is 26.0 Å². The Morgan fingerprint density at radius 3 is 3.05 bits per heavy atom. The van der Waals surface area contributed by atoms with Gasteiger partial charge in [-0.15, -0.1) is 0 Å². The Kier molecular flexibility index (Phi) is 4.84. The van der Waals surface area contributed by atoms with Crippen molar-refractivity contribution in [1.82, 2.24) is 5.32 Å². The van der Waals surface area contributed by atoms with E-state index in [2.05, 4.69) is 5.32 Å². The summed E-state index contributed by atoms with van der Waals surface area (Å²) in [5, 5.41) is 11.7. The molecule has 5 nitrogen and oxygen atoms in total. The zero-order valence-corrected chi connectivity index (χ0v) is 11.9. The summed E-state index contributed by atoms with van der Waals surface area (Å²) in [6.07, 6.45) is 1.22. The third-order valence-corrected chi connectivity index (χ3v) is 3.21. The molecule has 2 rings (SSSR count). The number of fused-ring (bicyclic) bond motifs is 1. The Labute approximate surface area is 118 Å². The van der Waals surface area contributed by atoms with Gasteiger partial charge >= 0.3 is 5.97 Å². The van der Waals surface area contributed by atoms with Crippen molar-refractivity contribution in [1.29, 1.82) is 0 Å². The highest BCUT2D eigenvalue weighted by atomic mass is 16.5. The van der Waals surface area contributed by atoms with Crippen LogP contribution in [0.1, 0.15) is 31.4 Å². The van der Waals surface area contributed by atoms with Gasteiger partial charge in [0.2, 0.25) is 0 Å². The smallest absolute Gasteiger partial charge is 0.304 e. The molecule has 0 spiro atoms. The fraction of sp³-hybridized carbons (Fsp3) is 0.533. The van der Waals surface area contributed by atoms with Gasteiger partial charge in [0.25, 0.3) is 0 Å². The SMILES string of the molecule is CCOc1cc2c(cc1CNCCC(=O)O)OC(C)C2. The molecule has 0 amide bonds. The van der Waals surface area contributed by atoms with Gasteiger partial charge in [-0.3, -0.25) is 4.79 Å². The molecule has 1 atom stereocenters. The topological polar surface area (TPSA) is 67.8 Å². The first kappa shape index (κ1) is 14.7. The number of aliphatic carboxylic acids is 1. The number of hydrogen-bond donors (Lipinski definition) is 2. The number of carboxylic acid groups (broad SMARTS) is 1. The van der Waals surface area contributed by atoms with Gasteiger partial charge in [-0.05, 0) is 26.0 Å². The maximum absolute atomic E-state index is 10.5. The second-order valence-corrected chi connectivity index (χ2v) is 4.95. The van der Waals surface area contributed by atoms with E-state index >= 15 is 0 Å². The highest BCUT2D eigenvalue weighted by molar-refractivity contribution is 5.66. The summed E-state index contributed by atoms with van der Waals surface area (Å²) < 4.78 is 11.4. The lowest BCUT2D eigenvalue weighted by atomic mass is 10.1. The Hall–Kier alpha value is -1.75. The van der Waals surface area contributed by atoms with Gasteiger partial charge in [-0.2, -0.15) is 0 Å². The number of carbonyl (C=O) groups is 1. The lowest BCUT2D eigenvalue weighted by molar-refractivity contribution is -0.136. The monoisotopic (exact) mass is 279 g/mol. The predicted molar refractivity (Wildman–Crippen MR) is 75.4 cm³/mol. The van der Waals surface area contributed by atoms with Crippen LogP contribution in [0.2, 0.25) is 0 Å². The summed E-state index contributed by atoms with van der Waals surface area (Å²) in [4.78, 5) is 10.5. The molecule has 1 aliphatic heterocycles. The van der Waals surface area contributed by atoms with E-state index in [-0.39, 0.29) is 12.5 Å². The summed E-state index contributed by atoms with van der Waals surface area (Å²) in [6.45, 7) is 5.62. The first-order chi connectivity index (χ1) is 9.60. The van der Waals surface area contributed by atoms with E-state index in [0.717, 1.165) is 23.5 Å². The minimum atomic E-state index is -0.798. The second-order valence-electron chi connectivity index (χ2n) is 4.95. The first-order valence-electron chi connectivity index (χ1n) is 6.98. The van der Waals surface area contributed by atoms with Crippen LogP contribution >= 0.6 is 0 Å². The van der Waals surface area contributed by atoms with Crippen LogP contribution in [-0.2, 0) is 17.8 Å². The van der Waals surface area contributed by atoms with Crippen molar-refractivity contribution in [3.63, 3.8) is 0 Å². The standard InChI is InChI=1S/C15H21NO4/c1-3-19-13-7-11-6-10(2)20-14(11)8-12(13)9-16-5-4-15(17)18/h7-8,10,16H,3-6,9H2,1-2H3,(H,17,18). The summed E-state index contributed by atoms with van der Waals surface area (Å²) in [5.41, 5.74) is 2.18. The Morgan fingerprint density at radius 1 is 1.55 bits per heavy atom. The highest BCUT2D eigenvalue weighted by Crippen LogP contribution is 2.35. The molecule has 2 N–H and O–H groups in total. The fourth-order valence-electron chi connectivity index (χ4n) is 2.33. The van der Waals surface area contributed by atoms with Crippen LogP contribution in [0.25, 0.3) is 0 Å². The molecule has 0 aliphatic carbocycles. The molecule has 0 fully saturated rings. The van der Waals surface area contributed by atoms with Gasteiger partial charge in [0.05, 0.1) is 13.0 Å². The lowest BCUT2D eigenvalue weighted by Gasteiger charge is -2.13. The van der Waals surface area contributed by atoms with E-state index in [4.69, 9.17) is 14.6 Å². The molecule has 1 aromatic carbocycles. The summed E-state index contributed by atoms with van der Waals surface area (Å²) in [6, 6.07) is 4.04. The van der Waals surface area contributed by atoms with Gasteiger partial charge in [0.1, 0.15) is 17.6 Å². The van der Waals surface area contributed by atoms with Crippen LogP contribution in [0.5, 0.6) is 11.5 Å². The van der Waals surface area contributed by atoms with Crippen LogP contribution in [-0.4, -0.2) is 30.3 Å². The molecule has 20 heavy (non-hydrogen) atoms. The van der Waals surface area contributed by atoms with Crippen molar-refractivity contribution < 1.29 is 19.4 Å². The minimum absolute atomic E-state index is 0.114. The molecule has 0 saturated carbocycles.